The van der Waals surface area contributed by atoms with Crippen molar-refractivity contribution in [3.8, 4) is 5.75 Å². The molecular weight excluding hydrogens is 305 g/mol. The fraction of sp³-hybridized carbons (Fsp3) is 0.214. The van der Waals surface area contributed by atoms with E-state index in [1.165, 1.54) is 0 Å². The molecule has 1 aromatic carbocycles. The van der Waals surface area contributed by atoms with E-state index in [1.807, 2.05) is 25.1 Å². The lowest BCUT2D eigenvalue weighted by Gasteiger charge is -2.10. The second-order valence-corrected chi connectivity index (χ2v) is 5.15. The number of ether oxygens (including phenoxy) is 1. The van der Waals surface area contributed by atoms with Gasteiger partial charge in [-0.3, -0.25) is 4.98 Å². The summed E-state index contributed by atoms with van der Waals surface area (Å²) in [6, 6.07) is 9.16. The molecule has 19 heavy (non-hydrogen) atoms. The first-order chi connectivity index (χ1) is 9.10. The van der Waals surface area contributed by atoms with E-state index in [0.29, 0.717) is 28.3 Å². The van der Waals surface area contributed by atoms with Gasteiger partial charge in [0.15, 0.2) is 0 Å². The van der Waals surface area contributed by atoms with Crippen molar-refractivity contribution < 1.29 is 4.74 Å². The number of aromatic nitrogens is 1. The Labute approximate surface area is 127 Å². The average Bonchev–Trinajstić information content (AvgIpc) is 2.41. The van der Waals surface area contributed by atoms with Crippen molar-refractivity contribution in [2.75, 3.05) is 0 Å². The summed E-state index contributed by atoms with van der Waals surface area (Å²) in [6.07, 6.45) is 0. The monoisotopic (exact) mass is 315 g/mol. The summed E-state index contributed by atoms with van der Waals surface area (Å²) in [5.41, 5.74) is 2.59. The predicted molar refractivity (Wildman–Crippen MR) is 79.3 cm³/mol. The molecule has 1 aromatic heterocycles. The largest absolute Gasteiger partial charge is 0.487 e. The standard InChI is InChI=1S/C14H12Cl3NO/c1-9-2-5-14(13(7-15)18-9)19-8-10-3-4-11(16)12(17)6-10/h2-6H,7-8H2,1H3. The number of pyridine rings is 1. The van der Waals surface area contributed by atoms with Gasteiger partial charge in [0.25, 0.3) is 0 Å². The Morgan fingerprint density at radius 2 is 1.89 bits per heavy atom. The van der Waals surface area contributed by atoms with Gasteiger partial charge in [-0.15, -0.1) is 11.6 Å². The first-order valence-electron chi connectivity index (χ1n) is 5.69. The van der Waals surface area contributed by atoms with E-state index in [0.717, 1.165) is 17.0 Å². The average molecular weight is 317 g/mol. The van der Waals surface area contributed by atoms with Gasteiger partial charge in [-0.1, -0.05) is 29.3 Å². The minimum Gasteiger partial charge on any atom is -0.487 e. The molecule has 0 amide bonds. The van der Waals surface area contributed by atoms with E-state index >= 15 is 0 Å². The number of alkyl halides is 1. The molecule has 1 heterocycles. The van der Waals surface area contributed by atoms with Gasteiger partial charge in [-0.25, -0.2) is 0 Å². The van der Waals surface area contributed by atoms with Crippen molar-refractivity contribution in [1.82, 2.24) is 4.98 Å². The zero-order valence-corrected chi connectivity index (χ0v) is 12.6. The van der Waals surface area contributed by atoms with E-state index in [9.17, 15) is 0 Å². The van der Waals surface area contributed by atoms with E-state index in [2.05, 4.69) is 4.98 Å². The molecule has 2 rings (SSSR count). The maximum atomic E-state index is 5.95. The third kappa shape index (κ3) is 3.75. The molecule has 5 heteroatoms. The zero-order valence-electron chi connectivity index (χ0n) is 10.3. The second kappa shape index (κ2) is 6.47. The lowest BCUT2D eigenvalue weighted by Crippen LogP contribution is -2.00. The number of aryl methyl sites for hydroxylation is 1. The normalized spacial score (nSPS) is 10.5. The highest BCUT2D eigenvalue weighted by Crippen LogP contribution is 2.24. The molecule has 0 aliphatic heterocycles. The summed E-state index contributed by atoms with van der Waals surface area (Å²) in [4.78, 5) is 4.33. The molecule has 0 bridgehead atoms. The van der Waals surface area contributed by atoms with Crippen LogP contribution in [0.1, 0.15) is 17.0 Å². The molecule has 0 unspecified atom stereocenters. The highest BCUT2D eigenvalue weighted by Gasteiger charge is 2.06. The molecule has 0 saturated carbocycles. The molecular formula is C14H12Cl3NO. The fourth-order valence-corrected chi connectivity index (χ4v) is 2.13. The number of nitrogens with zero attached hydrogens (tertiary/aromatic N) is 1. The fourth-order valence-electron chi connectivity index (χ4n) is 1.62. The Morgan fingerprint density at radius 1 is 1.11 bits per heavy atom. The first kappa shape index (κ1) is 14.4. The van der Waals surface area contributed by atoms with Gasteiger partial charge in [-0.05, 0) is 36.8 Å². The summed E-state index contributed by atoms with van der Waals surface area (Å²) in [6.45, 7) is 2.31. The number of hydrogen-bond donors (Lipinski definition) is 0. The predicted octanol–water partition coefficient (Wildman–Crippen LogP) is 5.01. The molecule has 0 fully saturated rings. The van der Waals surface area contributed by atoms with Crippen molar-refractivity contribution in [3.63, 3.8) is 0 Å². The van der Waals surface area contributed by atoms with Gasteiger partial charge < -0.3 is 4.74 Å². The number of halogens is 3. The number of hydrogen-bond acceptors (Lipinski definition) is 2. The van der Waals surface area contributed by atoms with E-state index in [4.69, 9.17) is 39.5 Å². The van der Waals surface area contributed by atoms with Crippen LogP contribution < -0.4 is 4.74 Å². The second-order valence-electron chi connectivity index (χ2n) is 4.07. The smallest absolute Gasteiger partial charge is 0.142 e. The summed E-state index contributed by atoms with van der Waals surface area (Å²) < 4.78 is 5.72. The van der Waals surface area contributed by atoms with Crippen LogP contribution in [-0.2, 0) is 12.5 Å². The highest BCUT2D eigenvalue weighted by atomic mass is 35.5. The van der Waals surface area contributed by atoms with E-state index in [-0.39, 0.29) is 0 Å². The maximum absolute atomic E-state index is 5.95. The minimum absolute atomic E-state index is 0.318. The third-order valence-corrected chi connectivity index (χ3v) is 3.57. The number of rotatable bonds is 4. The molecule has 0 atom stereocenters. The van der Waals surface area contributed by atoms with Crippen LogP contribution in [0, 0.1) is 6.92 Å². The molecule has 2 aromatic rings. The lowest BCUT2D eigenvalue weighted by atomic mass is 10.2. The maximum Gasteiger partial charge on any atom is 0.142 e. The van der Waals surface area contributed by atoms with Gasteiger partial charge in [-0.2, -0.15) is 0 Å². The van der Waals surface area contributed by atoms with E-state index < -0.39 is 0 Å². The summed E-state index contributed by atoms with van der Waals surface area (Å²) in [7, 11) is 0. The molecule has 0 N–H and O–H groups in total. The van der Waals surface area contributed by atoms with Crippen LogP contribution in [0.2, 0.25) is 10.0 Å². The summed E-state index contributed by atoms with van der Waals surface area (Å²) in [5.74, 6) is 1.00. The van der Waals surface area contributed by atoms with E-state index in [1.54, 1.807) is 12.1 Å². The molecule has 0 spiro atoms. The Balaban J connectivity index is 2.12. The van der Waals surface area contributed by atoms with Crippen LogP contribution >= 0.6 is 34.8 Å². The molecule has 0 aliphatic rings. The number of benzene rings is 1. The SMILES string of the molecule is Cc1ccc(OCc2ccc(Cl)c(Cl)c2)c(CCl)n1. The van der Waals surface area contributed by atoms with Gasteiger partial charge in [0.05, 0.1) is 21.6 Å². The topological polar surface area (TPSA) is 22.1 Å². The van der Waals surface area contributed by atoms with Gasteiger partial charge in [0.1, 0.15) is 12.4 Å². The van der Waals surface area contributed by atoms with Crippen molar-refractivity contribution in [1.29, 1.82) is 0 Å². The Kier molecular flexibility index (Phi) is 4.92. The minimum atomic E-state index is 0.318. The van der Waals surface area contributed by atoms with Gasteiger partial charge in [0.2, 0.25) is 0 Å². The van der Waals surface area contributed by atoms with Crippen LogP contribution in [0.3, 0.4) is 0 Å². The van der Waals surface area contributed by atoms with Crippen LogP contribution in [0.15, 0.2) is 30.3 Å². The molecule has 0 saturated heterocycles. The molecule has 2 nitrogen and oxygen atoms in total. The Morgan fingerprint density at radius 3 is 2.58 bits per heavy atom. The summed E-state index contributed by atoms with van der Waals surface area (Å²) in [5, 5.41) is 1.05. The van der Waals surface area contributed by atoms with Gasteiger partial charge >= 0.3 is 0 Å². The molecule has 0 aliphatic carbocycles. The Bertz CT molecular complexity index is 587. The zero-order chi connectivity index (χ0) is 13.8. The van der Waals surface area contributed by atoms with Gasteiger partial charge in [0, 0.05) is 5.69 Å². The van der Waals surface area contributed by atoms with Crippen molar-refractivity contribution in [3.05, 3.63) is 57.3 Å². The van der Waals surface area contributed by atoms with Crippen LogP contribution in [-0.4, -0.2) is 4.98 Å². The lowest BCUT2D eigenvalue weighted by molar-refractivity contribution is 0.302. The van der Waals surface area contributed by atoms with Crippen molar-refractivity contribution >= 4 is 34.8 Å². The Hall–Kier alpha value is -0.960. The summed E-state index contributed by atoms with van der Waals surface area (Å²) >= 11 is 17.7. The van der Waals surface area contributed by atoms with Crippen LogP contribution in [0.4, 0.5) is 0 Å². The van der Waals surface area contributed by atoms with Crippen LogP contribution in [0.5, 0.6) is 5.75 Å². The van der Waals surface area contributed by atoms with Crippen molar-refractivity contribution in [2.24, 2.45) is 0 Å². The van der Waals surface area contributed by atoms with Crippen LogP contribution in [0.25, 0.3) is 0 Å². The molecule has 0 radical (unpaired) electrons. The highest BCUT2D eigenvalue weighted by molar-refractivity contribution is 6.42. The van der Waals surface area contributed by atoms with Crippen molar-refractivity contribution in [2.45, 2.75) is 19.4 Å². The molecule has 100 valence electrons. The third-order valence-electron chi connectivity index (χ3n) is 2.58. The quantitative estimate of drug-likeness (QED) is 0.739. The first-order valence-corrected chi connectivity index (χ1v) is 6.98.